The Morgan fingerprint density at radius 1 is 1.35 bits per heavy atom. The lowest BCUT2D eigenvalue weighted by molar-refractivity contribution is 0.0963. The summed E-state index contributed by atoms with van der Waals surface area (Å²) in [7, 11) is 3.69. The average molecular weight is 232 g/mol. The van der Waals surface area contributed by atoms with E-state index >= 15 is 0 Å². The molecule has 1 N–H and O–H groups in total. The van der Waals surface area contributed by atoms with Gasteiger partial charge in [-0.1, -0.05) is 24.3 Å². The van der Waals surface area contributed by atoms with Crippen LogP contribution in [0.25, 0.3) is 0 Å². The molecule has 17 heavy (non-hydrogen) atoms. The number of hydrogen-bond donors (Lipinski definition) is 1. The van der Waals surface area contributed by atoms with Crippen LogP contribution in [0.5, 0.6) is 0 Å². The molecular weight excluding hydrogens is 212 g/mol. The number of nitrogens with zero attached hydrogens (tertiary/aromatic N) is 1. The second kappa shape index (κ2) is 6.21. The fourth-order valence-electron chi connectivity index (χ4n) is 1.73. The van der Waals surface area contributed by atoms with Crippen molar-refractivity contribution in [3.05, 3.63) is 47.5 Å². The zero-order chi connectivity index (χ0) is 12.8. The van der Waals surface area contributed by atoms with Crippen molar-refractivity contribution in [2.45, 2.75) is 13.5 Å². The Kier molecular flexibility index (Phi) is 4.91. The molecule has 0 bridgehead atoms. The number of benzene rings is 1. The molecule has 1 rings (SSSR count). The number of amides is 1. The molecule has 0 saturated carbocycles. The van der Waals surface area contributed by atoms with E-state index in [1.54, 1.807) is 7.05 Å². The van der Waals surface area contributed by atoms with E-state index in [1.165, 1.54) is 5.56 Å². The Labute approximate surface area is 103 Å². The second-order valence-electron chi connectivity index (χ2n) is 4.41. The second-order valence-corrected chi connectivity index (χ2v) is 4.41. The molecule has 0 aliphatic heterocycles. The molecule has 3 heteroatoms. The molecule has 1 amide bonds. The van der Waals surface area contributed by atoms with Crippen molar-refractivity contribution >= 4 is 5.91 Å². The van der Waals surface area contributed by atoms with Crippen molar-refractivity contribution in [2.24, 2.45) is 0 Å². The third kappa shape index (κ3) is 4.41. The van der Waals surface area contributed by atoms with Gasteiger partial charge in [0.1, 0.15) is 0 Å². The molecule has 0 radical (unpaired) electrons. The van der Waals surface area contributed by atoms with Crippen LogP contribution in [0.4, 0.5) is 0 Å². The summed E-state index contributed by atoms with van der Waals surface area (Å²) in [6.07, 6.45) is 0. The molecule has 0 unspecified atom stereocenters. The van der Waals surface area contributed by atoms with Crippen LogP contribution in [0, 0.1) is 0 Å². The van der Waals surface area contributed by atoms with Gasteiger partial charge in [0, 0.05) is 25.7 Å². The molecule has 0 aliphatic rings. The van der Waals surface area contributed by atoms with Gasteiger partial charge in [0.2, 0.25) is 0 Å². The predicted octanol–water partition coefficient (Wildman–Crippen LogP) is 2.05. The smallest absolute Gasteiger partial charge is 0.251 e. The maximum Gasteiger partial charge on any atom is 0.251 e. The molecule has 0 saturated heterocycles. The summed E-state index contributed by atoms with van der Waals surface area (Å²) in [4.78, 5) is 13.6. The van der Waals surface area contributed by atoms with Crippen LogP contribution in [-0.4, -0.2) is 31.4 Å². The third-order valence-electron chi connectivity index (χ3n) is 2.44. The Bertz CT molecular complexity index is 395. The lowest BCUT2D eigenvalue weighted by atomic mass is 10.1. The maximum atomic E-state index is 11.4. The van der Waals surface area contributed by atoms with Crippen LogP contribution < -0.4 is 5.32 Å². The number of likely N-dealkylation sites (N-methyl/N-ethyl adjacent to an activating group) is 1. The highest BCUT2D eigenvalue weighted by Gasteiger charge is 2.04. The number of carbonyl (C=O) groups is 1. The molecule has 1 aromatic rings. The molecule has 0 atom stereocenters. The fourth-order valence-corrected chi connectivity index (χ4v) is 1.73. The molecule has 0 heterocycles. The first kappa shape index (κ1) is 13.5. The summed E-state index contributed by atoms with van der Waals surface area (Å²) >= 11 is 0. The van der Waals surface area contributed by atoms with Gasteiger partial charge in [-0.15, -0.1) is 0 Å². The van der Waals surface area contributed by atoms with Gasteiger partial charge >= 0.3 is 0 Å². The van der Waals surface area contributed by atoms with Crippen LogP contribution in [0.15, 0.2) is 36.4 Å². The van der Waals surface area contributed by atoms with Gasteiger partial charge in [-0.2, -0.15) is 0 Å². The van der Waals surface area contributed by atoms with Gasteiger partial charge in [0.15, 0.2) is 0 Å². The van der Waals surface area contributed by atoms with E-state index in [9.17, 15) is 4.79 Å². The average Bonchev–Trinajstić information content (AvgIpc) is 2.28. The summed E-state index contributed by atoms with van der Waals surface area (Å²) in [6, 6.07) is 7.67. The van der Waals surface area contributed by atoms with Crippen molar-refractivity contribution < 1.29 is 4.79 Å². The first-order valence-electron chi connectivity index (χ1n) is 5.67. The Hall–Kier alpha value is -1.61. The van der Waals surface area contributed by atoms with E-state index in [0.717, 1.165) is 18.7 Å². The lowest BCUT2D eigenvalue weighted by Gasteiger charge is -2.16. The van der Waals surface area contributed by atoms with E-state index in [0.29, 0.717) is 5.56 Å². The zero-order valence-electron chi connectivity index (χ0n) is 10.8. The van der Waals surface area contributed by atoms with E-state index in [4.69, 9.17) is 0 Å². The minimum absolute atomic E-state index is 0.0492. The largest absolute Gasteiger partial charge is 0.355 e. The molecular formula is C14H20N2O. The zero-order valence-corrected chi connectivity index (χ0v) is 10.8. The van der Waals surface area contributed by atoms with Crippen LogP contribution in [-0.2, 0) is 6.54 Å². The van der Waals surface area contributed by atoms with Crippen LogP contribution in [0.1, 0.15) is 22.8 Å². The molecule has 0 fully saturated rings. The molecule has 1 aromatic carbocycles. The van der Waals surface area contributed by atoms with Crippen molar-refractivity contribution in [1.29, 1.82) is 0 Å². The number of hydrogen-bond acceptors (Lipinski definition) is 2. The van der Waals surface area contributed by atoms with Crippen molar-refractivity contribution in [3.8, 4) is 0 Å². The highest BCUT2D eigenvalue weighted by atomic mass is 16.1. The van der Waals surface area contributed by atoms with E-state index in [2.05, 4.69) is 23.8 Å². The maximum absolute atomic E-state index is 11.4. The standard InChI is InChI=1S/C14H20N2O/c1-11(2)9-16(4)10-12-5-7-13(8-6-12)14(17)15-3/h5-8H,1,9-10H2,2-4H3,(H,15,17). The van der Waals surface area contributed by atoms with Gasteiger partial charge < -0.3 is 5.32 Å². The van der Waals surface area contributed by atoms with E-state index in [1.807, 2.05) is 31.2 Å². The van der Waals surface area contributed by atoms with Crippen LogP contribution >= 0.6 is 0 Å². The third-order valence-corrected chi connectivity index (χ3v) is 2.44. The lowest BCUT2D eigenvalue weighted by Crippen LogP contribution is -2.20. The van der Waals surface area contributed by atoms with E-state index in [-0.39, 0.29) is 5.91 Å². The van der Waals surface area contributed by atoms with E-state index < -0.39 is 0 Å². The van der Waals surface area contributed by atoms with Crippen molar-refractivity contribution in [2.75, 3.05) is 20.6 Å². The number of nitrogens with one attached hydrogen (secondary N) is 1. The summed E-state index contributed by atoms with van der Waals surface area (Å²) < 4.78 is 0. The van der Waals surface area contributed by atoms with Crippen LogP contribution in [0.2, 0.25) is 0 Å². The highest BCUT2D eigenvalue weighted by Crippen LogP contribution is 2.07. The first-order valence-corrected chi connectivity index (χ1v) is 5.67. The van der Waals surface area contributed by atoms with Gasteiger partial charge in [-0.25, -0.2) is 0 Å². The van der Waals surface area contributed by atoms with Crippen LogP contribution in [0.3, 0.4) is 0 Å². The molecule has 0 spiro atoms. The summed E-state index contributed by atoms with van der Waals surface area (Å²) in [5, 5.41) is 2.61. The molecule has 0 aliphatic carbocycles. The van der Waals surface area contributed by atoms with Gasteiger partial charge in [0.25, 0.3) is 5.91 Å². The first-order chi connectivity index (χ1) is 8.02. The molecule has 0 aromatic heterocycles. The Morgan fingerprint density at radius 2 is 1.94 bits per heavy atom. The summed E-state index contributed by atoms with van der Waals surface area (Å²) in [5.41, 5.74) is 3.04. The number of rotatable bonds is 5. The predicted molar refractivity (Wildman–Crippen MR) is 71.0 cm³/mol. The summed E-state index contributed by atoms with van der Waals surface area (Å²) in [5.74, 6) is -0.0492. The quantitative estimate of drug-likeness (QED) is 0.788. The SMILES string of the molecule is C=C(C)CN(C)Cc1ccc(C(=O)NC)cc1. The Balaban J connectivity index is 2.62. The number of carbonyl (C=O) groups excluding carboxylic acids is 1. The Morgan fingerprint density at radius 3 is 2.41 bits per heavy atom. The van der Waals surface area contributed by atoms with Crippen molar-refractivity contribution in [3.63, 3.8) is 0 Å². The fraction of sp³-hybridized carbons (Fsp3) is 0.357. The highest BCUT2D eigenvalue weighted by molar-refractivity contribution is 5.93. The molecule has 3 nitrogen and oxygen atoms in total. The molecule has 92 valence electrons. The topological polar surface area (TPSA) is 32.3 Å². The minimum atomic E-state index is -0.0492. The van der Waals surface area contributed by atoms with Gasteiger partial charge in [-0.05, 0) is 31.7 Å². The van der Waals surface area contributed by atoms with Gasteiger partial charge in [0.05, 0.1) is 0 Å². The van der Waals surface area contributed by atoms with Gasteiger partial charge in [-0.3, -0.25) is 9.69 Å². The normalized spacial score (nSPS) is 10.4. The monoisotopic (exact) mass is 232 g/mol. The van der Waals surface area contributed by atoms with Crippen molar-refractivity contribution in [1.82, 2.24) is 10.2 Å². The minimum Gasteiger partial charge on any atom is -0.355 e. The summed E-state index contributed by atoms with van der Waals surface area (Å²) in [6.45, 7) is 7.66.